The van der Waals surface area contributed by atoms with Crippen molar-refractivity contribution in [3.63, 3.8) is 0 Å². The van der Waals surface area contributed by atoms with Gasteiger partial charge in [0.25, 0.3) is 0 Å². The van der Waals surface area contributed by atoms with Crippen molar-refractivity contribution in [2.24, 2.45) is 0 Å². The zero-order chi connectivity index (χ0) is 20.3. The predicted octanol–water partition coefficient (Wildman–Crippen LogP) is 4.04. The number of fused-ring (bicyclic) bond motifs is 1. The molecular weight excluding hydrogens is 366 g/mol. The highest BCUT2D eigenvalue weighted by Gasteiger charge is 2.27. The quantitative estimate of drug-likeness (QED) is 0.171. The van der Waals surface area contributed by atoms with Crippen LogP contribution >= 0.6 is 0 Å². The van der Waals surface area contributed by atoms with E-state index in [1.807, 2.05) is 0 Å². The van der Waals surface area contributed by atoms with E-state index in [9.17, 15) is 24.8 Å². The van der Waals surface area contributed by atoms with Gasteiger partial charge < -0.3 is 14.3 Å². The summed E-state index contributed by atoms with van der Waals surface area (Å²) in [5.41, 5.74) is 0.584. The summed E-state index contributed by atoms with van der Waals surface area (Å²) in [7, 11) is 0. The number of furan rings is 1. The monoisotopic (exact) mass is 381 g/mol. The molecule has 0 amide bonds. The minimum absolute atomic E-state index is 0.0119. The highest BCUT2D eigenvalue weighted by Crippen LogP contribution is 2.41. The molecule has 0 spiro atoms. The molecule has 0 aliphatic rings. The van der Waals surface area contributed by atoms with Crippen molar-refractivity contribution in [3.05, 3.63) is 69.8 Å². The maximum absolute atomic E-state index is 11.9. The van der Waals surface area contributed by atoms with Crippen LogP contribution in [-0.2, 0) is 14.3 Å². The van der Waals surface area contributed by atoms with Gasteiger partial charge >= 0.3 is 17.8 Å². The molecule has 8 nitrogen and oxygen atoms in total. The number of carboxylic acid groups (broad SMARTS) is 1. The van der Waals surface area contributed by atoms with E-state index in [1.54, 1.807) is 49.4 Å². The molecule has 2 aromatic carbocycles. The van der Waals surface area contributed by atoms with Crippen LogP contribution in [0.25, 0.3) is 28.2 Å². The summed E-state index contributed by atoms with van der Waals surface area (Å²) >= 11 is 0. The number of hydrogen-bond donors (Lipinski definition) is 1. The van der Waals surface area contributed by atoms with Crippen LogP contribution in [0.4, 0.5) is 5.88 Å². The van der Waals surface area contributed by atoms with Crippen LogP contribution in [-0.4, -0.2) is 28.6 Å². The number of ether oxygens (including phenoxy) is 1. The number of esters is 1. The van der Waals surface area contributed by atoms with Gasteiger partial charge in [0.1, 0.15) is 21.6 Å². The van der Waals surface area contributed by atoms with Crippen molar-refractivity contribution >= 4 is 34.9 Å². The van der Waals surface area contributed by atoms with E-state index < -0.39 is 28.3 Å². The van der Waals surface area contributed by atoms with E-state index >= 15 is 0 Å². The smallest absolute Gasteiger partial charge is 0.442 e. The van der Waals surface area contributed by atoms with E-state index in [2.05, 4.69) is 0 Å². The Kier molecular flexibility index (Phi) is 5.21. The third kappa shape index (κ3) is 3.48. The third-order valence-corrected chi connectivity index (χ3v) is 3.98. The van der Waals surface area contributed by atoms with Gasteiger partial charge in [0.2, 0.25) is 0 Å². The van der Waals surface area contributed by atoms with Gasteiger partial charge in [-0.15, -0.1) is 0 Å². The molecule has 0 aliphatic carbocycles. The minimum atomic E-state index is -1.47. The summed E-state index contributed by atoms with van der Waals surface area (Å²) in [5, 5.41) is 21.3. The number of carboxylic acids is 1. The first-order chi connectivity index (χ1) is 13.4. The Morgan fingerprint density at radius 2 is 1.89 bits per heavy atom. The molecule has 0 saturated heterocycles. The number of nitro groups is 1. The van der Waals surface area contributed by atoms with Crippen molar-refractivity contribution in [1.29, 1.82) is 0 Å². The molecule has 8 heteroatoms. The summed E-state index contributed by atoms with van der Waals surface area (Å²) in [6.07, 6.45) is 1.09. The summed E-state index contributed by atoms with van der Waals surface area (Å²) in [4.78, 5) is 34.3. The zero-order valence-corrected chi connectivity index (χ0v) is 14.7. The maximum Gasteiger partial charge on any atom is 0.442 e. The lowest BCUT2D eigenvalue weighted by atomic mass is 10.0. The standard InChI is InChI=1S/C20H15NO7/c1-2-27-20(24)15(19(22)23)11-13-9-6-10-14-16(12-7-4-3-5-8-12)18(21(25)26)28-17(13)14/h3-11H,2H2,1H3,(H,22,23)/b15-11+. The molecular formula is C20H15NO7. The van der Waals surface area contributed by atoms with Crippen molar-refractivity contribution in [3.8, 4) is 11.1 Å². The molecule has 3 aromatic rings. The molecule has 0 saturated carbocycles. The molecule has 0 fully saturated rings. The second kappa shape index (κ2) is 7.75. The molecule has 0 unspecified atom stereocenters. The van der Waals surface area contributed by atoms with E-state index in [0.717, 1.165) is 6.08 Å². The number of aliphatic carboxylic acids is 1. The number of nitrogens with zero attached hydrogens (tertiary/aromatic N) is 1. The van der Waals surface area contributed by atoms with Crippen LogP contribution in [0, 0.1) is 10.1 Å². The highest BCUT2D eigenvalue weighted by atomic mass is 16.6. The molecule has 1 heterocycles. The van der Waals surface area contributed by atoms with Gasteiger partial charge in [-0.25, -0.2) is 9.59 Å². The van der Waals surface area contributed by atoms with Crippen LogP contribution in [0.3, 0.4) is 0 Å². The molecule has 0 aliphatic heterocycles. The van der Waals surface area contributed by atoms with Crippen LogP contribution in [0.2, 0.25) is 0 Å². The second-order valence-electron chi connectivity index (χ2n) is 5.71. The number of benzene rings is 2. The van der Waals surface area contributed by atoms with Gasteiger partial charge in [-0.1, -0.05) is 48.5 Å². The summed E-state index contributed by atoms with van der Waals surface area (Å²) < 4.78 is 10.2. The molecule has 0 atom stereocenters. The lowest BCUT2D eigenvalue weighted by Crippen LogP contribution is -2.15. The Morgan fingerprint density at radius 3 is 2.50 bits per heavy atom. The van der Waals surface area contributed by atoms with E-state index in [1.165, 1.54) is 6.07 Å². The zero-order valence-electron chi connectivity index (χ0n) is 14.7. The topological polar surface area (TPSA) is 120 Å². The van der Waals surface area contributed by atoms with Crippen molar-refractivity contribution in [1.82, 2.24) is 0 Å². The number of rotatable bonds is 6. The van der Waals surface area contributed by atoms with Crippen molar-refractivity contribution in [2.45, 2.75) is 6.92 Å². The Labute approximate surface area is 158 Å². The predicted molar refractivity (Wildman–Crippen MR) is 101 cm³/mol. The summed E-state index contributed by atoms with van der Waals surface area (Å²) in [6.45, 7) is 1.57. The average Bonchev–Trinajstić information content (AvgIpc) is 3.07. The maximum atomic E-state index is 11.9. The molecule has 28 heavy (non-hydrogen) atoms. The molecule has 1 aromatic heterocycles. The lowest BCUT2D eigenvalue weighted by molar-refractivity contribution is -0.400. The fourth-order valence-corrected chi connectivity index (χ4v) is 2.83. The SMILES string of the molecule is CCOC(=O)/C(=C/c1cccc2c(-c3ccccc3)c([N+](=O)[O-])oc12)C(=O)O. The first-order valence-corrected chi connectivity index (χ1v) is 8.31. The Balaban J connectivity index is 2.27. The number of hydrogen-bond acceptors (Lipinski definition) is 6. The fraction of sp³-hybridized carbons (Fsp3) is 0.100. The van der Waals surface area contributed by atoms with Crippen molar-refractivity contribution < 1.29 is 28.8 Å². The summed E-state index contributed by atoms with van der Waals surface area (Å²) in [6, 6.07) is 13.4. The Morgan fingerprint density at radius 1 is 1.18 bits per heavy atom. The van der Waals surface area contributed by atoms with Crippen LogP contribution in [0.15, 0.2) is 58.5 Å². The third-order valence-electron chi connectivity index (χ3n) is 3.98. The van der Waals surface area contributed by atoms with E-state index in [4.69, 9.17) is 9.15 Å². The molecule has 1 N–H and O–H groups in total. The molecule has 3 rings (SSSR count). The largest absolute Gasteiger partial charge is 0.477 e. The number of carbonyl (C=O) groups excluding carboxylic acids is 1. The van der Waals surface area contributed by atoms with Gasteiger partial charge in [0.15, 0.2) is 0 Å². The lowest BCUT2D eigenvalue weighted by Gasteiger charge is -2.03. The van der Waals surface area contributed by atoms with Gasteiger partial charge in [0, 0.05) is 10.9 Å². The first kappa shape index (κ1) is 18.8. The molecule has 0 radical (unpaired) electrons. The minimum Gasteiger partial charge on any atom is -0.477 e. The van der Waals surface area contributed by atoms with E-state index in [-0.39, 0.29) is 23.3 Å². The van der Waals surface area contributed by atoms with Gasteiger partial charge in [-0.3, -0.25) is 10.1 Å². The highest BCUT2D eigenvalue weighted by molar-refractivity contribution is 6.18. The molecule has 0 bridgehead atoms. The molecule has 142 valence electrons. The summed E-state index contributed by atoms with van der Waals surface area (Å²) in [5.74, 6) is -2.94. The normalized spacial score (nSPS) is 11.4. The van der Waals surface area contributed by atoms with Gasteiger partial charge in [0.05, 0.1) is 6.61 Å². The average molecular weight is 381 g/mol. The van der Waals surface area contributed by atoms with Gasteiger partial charge in [-0.2, -0.15) is 0 Å². The fourth-order valence-electron chi connectivity index (χ4n) is 2.83. The number of carbonyl (C=O) groups is 2. The Hall–Kier alpha value is -3.94. The first-order valence-electron chi connectivity index (χ1n) is 8.31. The second-order valence-corrected chi connectivity index (χ2v) is 5.71. The van der Waals surface area contributed by atoms with Gasteiger partial charge in [-0.05, 0) is 18.6 Å². The van der Waals surface area contributed by atoms with E-state index in [0.29, 0.717) is 10.9 Å². The van der Waals surface area contributed by atoms with Crippen molar-refractivity contribution in [2.75, 3.05) is 6.61 Å². The van der Waals surface area contributed by atoms with Crippen LogP contribution < -0.4 is 0 Å². The van der Waals surface area contributed by atoms with Crippen LogP contribution in [0.5, 0.6) is 0 Å². The van der Waals surface area contributed by atoms with Crippen LogP contribution in [0.1, 0.15) is 12.5 Å². The number of para-hydroxylation sites is 1. The Bertz CT molecular complexity index is 1100.